The van der Waals surface area contributed by atoms with Gasteiger partial charge in [0.1, 0.15) is 18.1 Å². The molecule has 1 amide bonds. The molecule has 4 rings (SSSR count). The Morgan fingerprint density at radius 2 is 1.77 bits per heavy atom. The van der Waals surface area contributed by atoms with Crippen LogP contribution in [0.25, 0.3) is 5.76 Å². The van der Waals surface area contributed by atoms with E-state index < -0.39 is 17.7 Å². The Bertz CT molecular complexity index is 1090. The van der Waals surface area contributed by atoms with Gasteiger partial charge in [0, 0.05) is 36.8 Å². The van der Waals surface area contributed by atoms with Crippen molar-refractivity contribution in [3.8, 4) is 5.75 Å². The van der Waals surface area contributed by atoms with E-state index in [4.69, 9.17) is 21.1 Å². The van der Waals surface area contributed by atoms with Crippen molar-refractivity contribution >= 4 is 29.1 Å². The topological polar surface area (TPSA) is 79.3 Å². The van der Waals surface area contributed by atoms with E-state index in [1.54, 1.807) is 59.5 Å². The molecule has 2 heterocycles. The van der Waals surface area contributed by atoms with Crippen LogP contribution in [0.5, 0.6) is 5.75 Å². The van der Waals surface area contributed by atoms with Gasteiger partial charge in [0.2, 0.25) is 0 Å². The molecule has 7 nitrogen and oxygen atoms in total. The number of aliphatic hydroxyl groups excluding tert-OH is 1. The first-order valence-electron chi connectivity index (χ1n) is 11.7. The van der Waals surface area contributed by atoms with Crippen molar-refractivity contribution in [2.45, 2.75) is 12.5 Å². The van der Waals surface area contributed by atoms with Crippen molar-refractivity contribution in [2.24, 2.45) is 0 Å². The molecule has 2 fully saturated rings. The molecule has 1 atom stereocenters. The maximum absolute atomic E-state index is 13.2. The molecule has 2 aromatic carbocycles. The minimum atomic E-state index is -0.700. The number of hydrogen-bond donors (Lipinski definition) is 1. The van der Waals surface area contributed by atoms with E-state index in [0.717, 1.165) is 19.6 Å². The summed E-state index contributed by atoms with van der Waals surface area (Å²) >= 11 is 6.08. The predicted octanol–water partition coefficient (Wildman–Crippen LogP) is 4.05. The average Bonchev–Trinajstić information content (AvgIpc) is 3.13. The van der Waals surface area contributed by atoms with Crippen molar-refractivity contribution < 1.29 is 24.2 Å². The van der Waals surface area contributed by atoms with Crippen LogP contribution in [0.2, 0.25) is 5.02 Å². The van der Waals surface area contributed by atoms with Crippen molar-refractivity contribution in [1.82, 2.24) is 9.80 Å². The summed E-state index contributed by atoms with van der Waals surface area (Å²) in [6, 6.07) is 13.0. The zero-order valence-corrected chi connectivity index (χ0v) is 20.2. The van der Waals surface area contributed by atoms with E-state index in [9.17, 15) is 14.7 Å². The molecule has 0 unspecified atom stereocenters. The number of carbonyl (C=O) groups excluding carboxylic acids is 2. The number of ether oxygens (including phenoxy) is 2. The smallest absolute Gasteiger partial charge is 0.295 e. The largest absolute Gasteiger partial charge is 0.507 e. The van der Waals surface area contributed by atoms with Gasteiger partial charge >= 0.3 is 0 Å². The highest BCUT2D eigenvalue weighted by Gasteiger charge is 2.45. The second kappa shape index (κ2) is 11.5. The Kier molecular flexibility index (Phi) is 8.23. The monoisotopic (exact) mass is 496 g/mol. The van der Waals surface area contributed by atoms with Crippen molar-refractivity contribution in [2.75, 3.05) is 46.0 Å². The molecule has 2 aliphatic rings. The Morgan fingerprint density at radius 1 is 1.09 bits per heavy atom. The van der Waals surface area contributed by atoms with E-state index in [-0.39, 0.29) is 11.3 Å². The average molecular weight is 497 g/mol. The lowest BCUT2D eigenvalue weighted by Crippen LogP contribution is -2.38. The quantitative estimate of drug-likeness (QED) is 0.244. The summed E-state index contributed by atoms with van der Waals surface area (Å²) in [4.78, 5) is 30.1. The molecule has 0 saturated carbocycles. The van der Waals surface area contributed by atoms with Crippen molar-refractivity contribution in [3.63, 3.8) is 0 Å². The Balaban J connectivity index is 1.63. The number of ketones is 1. The number of nitrogens with zero attached hydrogens (tertiary/aromatic N) is 2. The van der Waals surface area contributed by atoms with E-state index in [0.29, 0.717) is 54.7 Å². The number of Topliss-reactive ketones (excluding diaryl/α,β-unsaturated/α-hetero) is 1. The molecule has 0 aromatic heterocycles. The highest BCUT2D eigenvalue weighted by Crippen LogP contribution is 2.40. The van der Waals surface area contributed by atoms with E-state index in [2.05, 4.69) is 11.5 Å². The number of morpholine rings is 1. The van der Waals surface area contributed by atoms with Crippen LogP contribution >= 0.6 is 11.6 Å². The highest BCUT2D eigenvalue weighted by molar-refractivity contribution is 6.46. The second-order valence-electron chi connectivity index (χ2n) is 8.48. The van der Waals surface area contributed by atoms with Crippen LogP contribution in [0, 0.1) is 0 Å². The Hall–Kier alpha value is -3.13. The molecular weight excluding hydrogens is 468 g/mol. The summed E-state index contributed by atoms with van der Waals surface area (Å²) in [6.45, 7) is 8.28. The van der Waals surface area contributed by atoms with Gasteiger partial charge in [0.15, 0.2) is 0 Å². The number of carbonyl (C=O) groups is 2. The van der Waals surface area contributed by atoms with Gasteiger partial charge in [0.25, 0.3) is 11.7 Å². The predicted molar refractivity (Wildman–Crippen MR) is 134 cm³/mol. The maximum Gasteiger partial charge on any atom is 0.295 e. The van der Waals surface area contributed by atoms with E-state index >= 15 is 0 Å². The van der Waals surface area contributed by atoms with Crippen LogP contribution in [0.1, 0.15) is 23.6 Å². The molecule has 2 saturated heterocycles. The van der Waals surface area contributed by atoms with E-state index in [1.807, 2.05) is 0 Å². The fourth-order valence-electron chi connectivity index (χ4n) is 4.41. The molecule has 2 aromatic rings. The fraction of sp³-hybridized carbons (Fsp3) is 0.333. The van der Waals surface area contributed by atoms with Crippen LogP contribution in [0.4, 0.5) is 0 Å². The van der Waals surface area contributed by atoms with Crippen LogP contribution in [0.15, 0.2) is 66.8 Å². The molecule has 0 aliphatic carbocycles. The molecule has 8 heteroatoms. The normalized spacial score (nSPS) is 20.3. The third-order valence-corrected chi connectivity index (χ3v) is 6.45. The molecule has 184 valence electrons. The number of rotatable bonds is 9. The molecule has 0 radical (unpaired) electrons. The third-order valence-electron chi connectivity index (χ3n) is 6.20. The van der Waals surface area contributed by atoms with Gasteiger partial charge in [-0.1, -0.05) is 36.4 Å². The van der Waals surface area contributed by atoms with Gasteiger partial charge in [0.05, 0.1) is 24.8 Å². The van der Waals surface area contributed by atoms with E-state index in [1.165, 1.54) is 0 Å². The first kappa shape index (κ1) is 25.0. The molecule has 1 N–H and O–H groups in total. The summed E-state index contributed by atoms with van der Waals surface area (Å²) in [5.41, 5.74) is 1.22. The molecule has 2 aliphatic heterocycles. The first-order valence-corrected chi connectivity index (χ1v) is 12.1. The fourth-order valence-corrected chi connectivity index (χ4v) is 4.54. The van der Waals surface area contributed by atoms with Crippen LogP contribution < -0.4 is 4.74 Å². The SMILES string of the molecule is C=CCOc1ccc(C(O)=C2C(=O)C(=O)N(CCCN3CCOCC3)[C@@H]2c2ccc(Cl)cc2)cc1. The summed E-state index contributed by atoms with van der Waals surface area (Å²) < 4.78 is 10.9. The number of amides is 1. The molecule has 0 spiro atoms. The van der Waals surface area contributed by atoms with Gasteiger partial charge in [-0.15, -0.1) is 0 Å². The Morgan fingerprint density at radius 3 is 2.43 bits per heavy atom. The van der Waals surface area contributed by atoms with Gasteiger partial charge in [-0.25, -0.2) is 0 Å². The number of hydrogen-bond acceptors (Lipinski definition) is 6. The number of benzene rings is 2. The minimum Gasteiger partial charge on any atom is -0.507 e. The minimum absolute atomic E-state index is 0.0726. The van der Waals surface area contributed by atoms with Gasteiger partial charge in [-0.3, -0.25) is 14.5 Å². The summed E-state index contributed by atoms with van der Waals surface area (Å²) in [7, 11) is 0. The summed E-state index contributed by atoms with van der Waals surface area (Å²) in [5.74, 6) is -0.909. The van der Waals surface area contributed by atoms with Crippen LogP contribution in [-0.2, 0) is 14.3 Å². The third kappa shape index (κ3) is 5.75. The summed E-state index contributed by atoms with van der Waals surface area (Å²) in [5, 5.41) is 11.7. The lowest BCUT2D eigenvalue weighted by atomic mass is 9.95. The summed E-state index contributed by atoms with van der Waals surface area (Å²) in [6.07, 6.45) is 2.34. The van der Waals surface area contributed by atoms with Crippen molar-refractivity contribution in [3.05, 3.63) is 82.9 Å². The number of aliphatic hydroxyl groups is 1. The second-order valence-corrected chi connectivity index (χ2v) is 8.91. The Labute approximate surface area is 210 Å². The maximum atomic E-state index is 13.2. The van der Waals surface area contributed by atoms with Gasteiger partial charge < -0.3 is 19.5 Å². The zero-order chi connectivity index (χ0) is 24.8. The van der Waals surface area contributed by atoms with Crippen LogP contribution in [-0.4, -0.2) is 72.6 Å². The highest BCUT2D eigenvalue weighted by atomic mass is 35.5. The van der Waals surface area contributed by atoms with Crippen molar-refractivity contribution in [1.29, 1.82) is 0 Å². The number of halogens is 1. The van der Waals surface area contributed by atoms with Gasteiger partial charge in [-0.2, -0.15) is 0 Å². The molecule has 0 bridgehead atoms. The lowest BCUT2D eigenvalue weighted by Gasteiger charge is -2.29. The van der Waals surface area contributed by atoms with Crippen LogP contribution in [0.3, 0.4) is 0 Å². The van der Waals surface area contributed by atoms with Gasteiger partial charge in [-0.05, 0) is 48.4 Å². The standard InChI is InChI=1S/C27H29ClN2O5/c1-2-16-35-22-10-6-20(7-11-22)25(31)23-24(19-4-8-21(28)9-5-19)30(27(33)26(23)32)13-3-12-29-14-17-34-18-15-29/h2,4-11,24,31H,1,3,12-18H2/t24-/m1/s1. The molecular formula is C27H29ClN2O5. The zero-order valence-electron chi connectivity index (χ0n) is 19.5. The number of likely N-dealkylation sites (tertiary alicyclic amines) is 1. The lowest BCUT2D eigenvalue weighted by molar-refractivity contribution is -0.140. The first-order chi connectivity index (χ1) is 17.0. The molecule has 35 heavy (non-hydrogen) atoms.